The molecule has 1 N–H and O–H groups in total. The molecule has 0 aliphatic heterocycles. The predicted octanol–water partition coefficient (Wildman–Crippen LogP) is 2.49. The van der Waals surface area contributed by atoms with Crippen molar-refractivity contribution in [2.75, 3.05) is 0 Å². The van der Waals surface area contributed by atoms with E-state index in [0.717, 1.165) is 35.0 Å². The lowest BCUT2D eigenvalue weighted by atomic mass is 9.97. The van der Waals surface area contributed by atoms with Crippen molar-refractivity contribution in [3.63, 3.8) is 0 Å². The number of carbonyl (C=O) groups is 1. The van der Waals surface area contributed by atoms with Gasteiger partial charge in [-0.25, -0.2) is 4.98 Å². The lowest BCUT2D eigenvalue weighted by Gasteiger charge is -2.11. The van der Waals surface area contributed by atoms with Crippen molar-refractivity contribution < 1.29 is 9.53 Å². The summed E-state index contributed by atoms with van der Waals surface area (Å²) in [4.78, 5) is 32.6. The SMILES string of the molecule is CC(=O)OC(C)c1nc2sc3c(c2c(=O)[nH]1)CCCC3. The molecule has 6 heteroatoms. The predicted molar refractivity (Wildman–Crippen MR) is 77.1 cm³/mol. The number of aryl methyl sites for hydroxylation is 2. The molecule has 1 atom stereocenters. The van der Waals surface area contributed by atoms with E-state index in [2.05, 4.69) is 9.97 Å². The van der Waals surface area contributed by atoms with E-state index in [1.165, 1.54) is 18.2 Å². The molecule has 5 nitrogen and oxygen atoms in total. The standard InChI is InChI=1S/C14H16N2O3S/c1-7(19-8(2)17)12-15-13(18)11-9-5-3-4-6-10(9)20-14(11)16-12/h7H,3-6H2,1-2H3,(H,15,16,18). The molecule has 0 fully saturated rings. The molecule has 2 aromatic heterocycles. The second-order valence-electron chi connectivity index (χ2n) is 5.09. The van der Waals surface area contributed by atoms with Gasteiger partial charge in [-0.3, -0.25) is 9.59 Å². The van der Waals surface area contributed by atoms with Gasteiger partial charge in [-0.1, -0.05) is 0 Å². The zero-order valence-electron chi connectivity index (χ0n) is 11.5. The lowest BCUT2D eigenvalue weighted by molar-refractivity contribution is -0.146. The number of H-pyrrole nitrogens is 1. The van der Waals surface area contributed by atoms with Gasteiger partial charge in [0.1, 0.15) is 4.83 Å². The molecule has 0 spiro atoms. The molecular weight excluding hydrogens is 276 g/mol. The summed E-state index contributed by atoms with van der Waals surface area (Å²) >= 11 is 1.59. The Bertz CT molecular complexity index is 732. The number of rotatable bonds is 2. The van der Waals surface area contributed by atoms with Gasteiger partial charge in [0, 0.05) is 11.8 Å². The van der Waals surface area contributed by atoms with E-state index in [4.69, 9.17) is 4.74 Å². The highest BCUT2D eigenvalue weighted by Crippen LogP contribution is 2.33. The molecule has 0 saturated heterocycles. The third kappa shape index (κ3) is 2.24. The first kappa shape index (κ1) is 13.3. The molecule has 1 aliphatic carbocycles. The highest BCUT2D eigenvalue weighted by Gasteiger charge is 2.21. The minimum Gasteiger partial charge on any atom is -0.455 e. The monoisotopic (exact) mass is 292 g/mol. The van der Waals surface area contributed by atoms with E-state index in [1.807, 2.05) is 0 Å². The maximum Gasteiger partial charge on any atom is 0.303 e. The molecule has 20 heavy (non-hydrogen) atoms. The van der Waals surface area contributed by atoms with Crippen molar-refractivity contribution in [3.05, 3.63) is 26.6 Å². The van der Waals surface area contributed by atoms with Crippen molar-refractivity contribution in [2.45, 2.75) is 45.6 Å². The number of ether oxygens (including phenoxy) is 1. The molecule has 1 aliphatic rings. The van der Waals surface area contributed by atoms with Crippen molar-refractivity contribution in [1.82, 2.24) is 9.97 Å². The Morgan fingerprint density at radius 1 is 1.40 bits per heavy atom. The summed E-state index contributed by atoms with van der Waals surface area (Å²) in [6.45, 7) is 3.05. The lowest BCUT2D eigenvalue weighted by Crippen LogP contribution is -2.16. The first-order chi connectivity index (χ1) is 9.56. The van der Waals surface area contributed by atoms with Crippen LogP contribution in [0.3, 0.4) is 0 Å². The summed E-state index contributed by atoms with van der Waals surface area (Å²) in [6, 6.07) is 0. The summed E-state index contributed by atoms with van der Waals surface area (Å²) in [6.07, 6.45) is 3.76. The molecular formula is C14H16N2O3S. The summed E-state index contributed by atoms with van der Waals surface area (Å²) < 4.78 is 5.08. The largest absolute Gasteiger partial charge is 0.455 e. The first-order valence-corrected chi connectivity index (χ1v) is 7.59. The van der Waals surface area contributed by atoms with Gasteiger partial charge in [0.15, 0.2) is 11.9 Å². The number of carbonyl (C=O) groups excluding carboxylic acids is 1. The van der Waals surface area contributed by atoms with Crippen LogP contribution in [0, 0.1) is 0 Å². The maximum absolute atomic E-state index is 12.3. The van der Waals surface area contributed by atoms with Gasteiger partial charge < -0.3 is 9.72 Å². The molecule has 106 valence electrons. The van der Waals surface area contributed by atoms with Gasteiger partial charge in [-0.15, -0.1) is 11.3 Å². The average molecular weight is 292 g/mol. The molecule has 0 aromatic carbocycles. The molecule has 0 saturated carbocycles. The number of aromatic amines is 1. The molecule has 0 amide bonds. The Labute approximate surface area is 120 Å². The fourth-order valence-electron chi connectivity index (χ4n) is 2.68. The third-order valence-corrected chi connectivity index (χ3v) is 4.76. The highest BCUT2D eigenvalue weighted by atomic mass is 32.1. The van der Waals surface area contributed by atoms with Crippen LogP contribution in [0.5, 0.6) is 0 Å². The Morgan fingerprint density at radius 2 is 2.15 bits per heavy atom. The topological polar surface area (TPSA) is 72.0 Å². The van der Waals surface area contributed by atoms with Crippen molar-refractivity contribution in [2.24, 2.45) is 0 Å². The van der Waals surface area contributed by atoms with Gasteiger partial charge in [-0.2, -0.15) is 0 Å². The third-order valence-electron chi connectivity index (χ3n) is 3.57. The van der Waals surface area contributed by atoms with Crippen LogP contribution >= 0.6 is 11.3 Å². The normalized spacial score (nSPS) is 15.9. The van der Waals surface area contributed by atoms with Crippen LogP contribution in [0.1, 0.15) is 49.1 Å². The molecule has 3 rings (SSSR count). The summed E-state index contributed by atoms with van der Waals surface area (Å²) in [5.74, 6) is 0.0296. The van der Waals surface area contributed by atoms with E-state index in [9.17, 15) is 9.59 Å². The van der Waals surface area contributed by atoms with Crippen LogP contribution < -0.4 is 5.56 Å². The number of thiophene rings is 1. The number of nitrogens with zero attached hydrogens (tertiary/aromatic N) is 1. The fraction of sp³-hybridized carbons (Fsp3) is 0.500. The van der Waals surface area contributed by atoms with Crippen molar-refractivity contribution in [3.8, 4) is 0 Å². The molecule has 0 bridgehead atoms. The number of nitrogens with one attached hydrogen (secondary N) is 1. The smallest absolute Gasteiger partial charge is 0.303 e. The Morgan fingerprint density at radius 3 is 2.90 bits per heavy atom. The number of hydrogen-bond donors (Lipinski definition) is 1. The van der Waals surface area contributed by atoms with Crippen LogP contribution in [0.2, 0.25) is 0 Å². The summed E-state index contributed by atoms with van der Waals surface area (Å²) in [5.41, 5.74) is 1.04. The van der Waals surface area contributed by atoms with Crippen LogP contribution in [0.25, 0.3) is 10.2 Å². The van der Waals surface area contributed by atoms with Crippen molar-refractivity contribution >= 4 is 27.5 Å². The Hall–Kier alpha value is -1.69. The van der Waals surface area contributed by atoms with E-state index in [0.29, 0.717) is 5.82 Å². The Balaban J connectivity index is 2.10. The van der Waals surface area contributed by atoms with Gasteiger partial charge in [0.25, 0.3) is 5.56 Å². The Kier molecular flexibility index (Phi) is 3.33. The molecule has 1 unspecified atom stereocenters. The van der Waals surface area contributed by atoms with Crippen LogP contribution in [0.15, 0.2) is 4.79 Å². The zero-order valence-corrected chi connectivity index (χ0v) is 12.3. The average Bonchev–Trinajstić information content (AvgIpc) is 2.76. The van der Waals surface area contributed by atoms with E-state index < -0.39 is 6.10 Å². The van der Waals surface area contributed by atoms with Crippen LogP contribution in [-0.4, -0.2) is 15.9 Å². The number of esters is 1. The van der Waals surface area contributed by atoms with Gasteiger partial charge >= 0.3 is 5.97 Å². The molecule has 0 radical (unpaired) electrons. The van der Waals surface area contributed by atoms with Crippen molar-refractivity contribution in [1.29, 1.82) is 0 Å². The van der Waals surface area contributed by atoms with E-state index in [-0.39, 0.29) is 11.5 Å². The number of aromatic nitrogens is 2. The number of hydrogen-bond acceptors (Lipinski definition) is 5. The second-order valence-corrected chi connectivity index (χ2v) is 6.18. The summed E-state index contributed by atoms with van der Waals surface area (Å²) in [7, 11) is 0. The van der Waals surface area contributed by atoms with E-state index >= 15 is 0 Å². The second kappa shape index (κ2) is 5.01. The van der Waals surface area contributed by atoms with Gasteiger partial charge in [-0.05, 0) is 38.2 Å². The number of fused-ring (bicyclic) bond motifs is 3. The molecule has 2 heterocycles. The minimum atomic E-state index is -0.538. The molecule has 2 aromatic rings. The highest BCUT2D eigenvalue weighted by molar-refractivity contribution is 7.18. The zero-order chi connectivity index (χ0) is 14.3. The van der Waals surface area contributed by atoms with Gasteiger partial charge in [0.2, 0.25) is 0 Å². The van der Waals surface area contributed by atoms with Crippen LogP contribution in [-0.2, 0) is 22.4 Å². The maximum atomic E-state index is 12.3. The van der Waals surface area contributed by atoms with Crippen LogP contribution in [0.4, 0.5) is 0 Å². The fourth-order valence-corrected chi connectivity index (χ4v) is 3.95. The summed E-state index contributed by atoms with van der Waals surface area (Å²) in [5, 5.41) is 0.725. The first-order valence-electron chi connectivity index (χ1n) is 6.78. The quantitative estimate of drug-likeness (QED) is 0.863. The van der Waals surface area contributed by atoms with E-state index in [1.54, 1.807) is 18.3 Å². The van der Waals surface area contributed by atoms with Gasteiger partial charge in [0.05, 0.1) is 5.39 Å². The minimum absolute atomic E-state index is 0.122.